The second-order valence-electron chi connectivity index (χ2n) is 0.890. The summed E-state index contributed by atoms with van der Waals surface area (Å²) in [5.74, 6) is 0. The summed E-state index contributed by atoms with van der Waals surface area (Å²) in [6, 6.07) is 0. The van der Waals surface area contributed by atoms with Crippen LogP contribution in [0.1, 0.15) is 0 Å². The Hall–Kier alpha value is -0.150. The van der Waals surface area contributed by atoms with Gasteiger partial charge in [0.25, 0.3) is 0 Å². The maximum atomic E-state index is 11.1. The summed E-state index contributed by atoms with van der Waals surface area (Å²) in [5, 5.41) is 7.76. The zero-order valence-corrected chi connectivity index (χ0v) is 3.52. The van der Waals surface area contributed by atoms with Crippen LogP contribution in [-0.4, -0.2) is 25.2 Å². The molecule has 38 valence electrons. The number of methoxy groups -OCH3 is 1. The molecule has 3 heteroatoms. The highest BCUT2D eigenvalue weighted by molar-refractivity contribution is 4.25. The minimum atomic E-state index is -1.82. The highest BCUT2D eigenvalue weighted by Crippen LogP contribution is 1.80. The van der Waals surface area contributed by atoms with Crippen LogP contribution in [0.25, 0.3) is 0 Å². The largest absolute Gasteiger partial charge is 0.379 e. The van der Waals surface area contributed by atoms with Crippen molar-refractivity contribution in [2.24, 2.45) is 0 Å². The van der Waals surface area contributed by atoms with Crippen LogP contribution in [0.15, 0.2) is 0 Å². The molecule has 0 bridgehead atoms. The van der Waals surface area contributed by atoms with Crippen LogP contribution in [0.4, 0.5) is 4.39 Å². The molecule has 2 nitrogen and oxygen atoms in total. The highest BCUT2D eigenvalue weighted by Gasteiger charge is 1.92. The number of ether oxygens (including phenoxy) is 1. The Morgan fingerprint density at radius 2 is 2.50 bits per heavy atom. The number of hydrogen-bond acceptors (Lipinski definition) is 2. The van der Waals surface area contributed by atoms with Gasteiger partial charge in [-0.15, -0.1) is 0 Å². The molecule has 1 unspecified atom stereocenters. The van der Waals surface area contributed by atoms with Gasteiger partial charge in [-0.25, -0.2) is 4.39 Å². The minimum absolute atomic E-state index is 0.236. The summed E-state index contributed by atoms with van der Waals surface area (Å²) in [4.78, 5) is 0. The molecule has 0 spiro atoms. The van der Waals surface area contributed by atoms with Crippen molar-refractivity contribution in [1.82, 2.24) is 0 Å². The molecular formula is C3H7FO2. The lowest BCUT2D eigenvalue weighted by atomic mass is 10.7. The van der Waals surface area contributed by atoms with Crippen LogP contribution in [0, 0.1) is 0 Å². The first-order chi connectivity index (χ1) is 2.77. The van der Waals surface area contributed by atoms with E-state index in [1.54, 1.807) is 0 Å². The number of halogens is 1. The van der Waals surface area contributed by atoms with E-state index in [2.05, 4.69) is 4.74 Å². The van der Waals surface area contributed by atoms with E-state index in [9.17, 15) is 4.39 Å². The molecule has 0 radical (unpaired) electrons. The van der Waals surface area contributed by atoms with Gasteiger partial charge in [-0.1, -0.05) is 0 Å². The SMILES string of the molecule is COCC(O)F. The number of hydrogen-bond donors (Lipinski definition) is 1. The van der Waals surface area contributed by atoms with Crippen LogP contribution in [0.3, 0.4) is 0 Å². The number of aliphatic hydroxyl groups excluding tert-OH is 1. The maximum Gasteiger partial charge on any atom is 0.220 e. The average Bonchev–Trinajstić information content (AvgIpc) is 1.35. The molecule has 0 aliphatic rings. The van der Waals surface area contributed by atoms with E-state index in [0.717, 1.165) is 0 Å². The molecule has 1 atom stereocenters. The van der Waals surface area contributed by atoms with Crippen molar-refractivity contribution in [2.45, 2.75) is 6.36 Å². The van der Waals surface area contributed by atoms with Crippen molar-refractivity contribution in [3.05, 3.63) is 0 Å². The molecule has 0 fully saturated rings. The van der Waals surface area contributed by atoms with Crippen molar-refractivity contribution in [3.63, 3.8) is 0 Å². The predicted molar refractivity (Wildman–Crippen MR) is 19.0 cm³/mol. The Morgan fingerprint density at radius 3 is 2.50 bits per heavy atom. The van der Waals surface area contributed by atoms with Gasteiger partial charge < -0.3 is 9.84 Å². The summed E-state index contributed by atoms with van der Waals surface area (Å²) in [7, 11) is 1.32. The summed E-state index contributed by atoms with van der Waals surface area (Å²) in [6.07, 6.45) is -1.82. The molecule has 0 saturated carbocycles. The van der Waals surface area contributed by atoms with Crippen molar-refractivity contribution < 1.29 is 14.2 Å². The van der Waals surface area contributed by atoms with E-state index < -0.39 is 6.36 Å². The van der Waals surface area contributed by atoms with Crippen molar-refractivity contribution >= 4 is 0 Å². The van der Waals surface area contributed by atoms with Gasteiger partial charge in [0.1, 0.15) is 6.61 Å². The Bertz CT molecular complexity index is 30.0. The smallest absolute Gasteiger partial charge is 0.220 e. The predicted octanol–water partition coefficient (Wildman–Crippen LogP) is -0.0793. The lowest BCUT2D eigenvalue weighted by Crippen LogP contribution is -2.05. The lowest BCUT2D eigenvalue weighted by molar-refractivity contribution is -0.0234. The third-order valence-corrected chi connectivity index (χ3v) is 0.304. The summed E-state index contributed by atoms with van der Waals surface area (Å²) < 4.78 is 15.3. The zero-order chi connectivity index (χ0) is 4.99. The quantitative estimate of drug-likeness (QED) is 0.518. The fourth-order valence-corrected chi connectivity index (χ4v) is 0.138. The molecule has 0 aromatic rings. The Balaban J connectivity index is 2.63. The van der Waals surface area contributed by atoms with Crippen LogP contribution >= 0.6 is 0 Å². The van der Waals surface area contributed by atoms with E-state index in [4.69, 9.17) is 5.11 Å². The van der Waals surface area contributed by atoms with E-state index in [1.165, 1.54) is 7.11 Å². The molecule has 0 aliphatic carbocycles. The molecule has 0 aromatic heterocycles. The minimum Gasteiger partial charge on any atom is -0.379 e. The second kappa shape index (κ2) is 3.06. The van der Waals surface area contributed by atoms with Gasteiger partial charge in [-0.3, -0.25) is 0 Å². The summed E-state index contributed by atoms with van der Waals surface area (Å²) in [5.41, 5.74) is 0. The standard InChI is InChI=1S/C3H7FO2/c1-6-2-3(4)5/h3,5H,2H2,1H3. The zero-order valence-electron chi connectivity index (χ0n) is 3.52. The molecule has 1 N–H and O–H groups in total. The third-order valence-electron chi connectivity index (χ3n) is 0.304. The molecule has 0 amide bonds. The fourth-order valence-electron chi connectivity index (χ4n) is 0.138. The van der Waals surface area contributed by atoms with Gasteiger partial charge >= 0.3 is 0 Å². The molecule has 0 aromatic carbocycles. The van der Waals surface area contributed by atoms with E-state index in [0.29, 0.717) is 0 Å². The van der Waals surface area contributed by atoms with Gasteiger partial charge in [0.05, 0.1) is 0 Å². The lowest BCUT2D eigenvalue weighted by Gasteiger charge is -1.93. The summed E-state index contributed by atoms with van der Waals surface area (Å²) >= 11 is 0. The molecule has 0 rings (SSSR count). The fraction of sp³-hybridized carbons (Fsp3) is 1.00. The van der Waals surface area contributed by atoms with Crippen LogP contribution < -0.4 is 0 Å². The van der Waals surface area contributed by atoms with E-state index >= 15 is 0 Å². The highest BCUT2D eigenvalue weighted by atomic mass is 19.1. The van der Waals surface area contributed by atoms with Gasteiger partial charge in [-0.05, 0) is 0 Å². The van der Waals surface area contributed by atoms with E-state index in [-0.39, 0.29) is 6.61 Å². The number of rotatable bonds is 2. The van der Waals surface area contributed by atoms with Crippen LogP contribution in [-0.2, 0) is 4.74 Å². The molecule has 0 aliphatic heterocycles. The maximum absolute atomic E-state index is 11.1. The van der Waals surface area contributed by atoms with Gasteiger partial charge in [-0.2, -0.15) is 0 Å². The topological polar surface area (TPSA) is 29.5 Å². The van der Waals surface area contributed by atoms with Gasteiger partial charge in [0.2, 0.25) is 6.36 Å². The average molecular weight is 94.1 g/mol. The van der Waals surface area contributed by atoms with Crippen LogP contribution in [0.2, 0.25) is 0 Å². The van der Waals surface area contributed by atoms with Crippen molar-refractivity contribution in [2.75, 3.05) is 13.7 Å². The Kier molecular flexibility index (Phi) is 2.98. The number of aliphatic hydroxyl groups is 1. The van der Waals surface area contributed by atoms with Gasteiger partial charge in [0, 0.05) is 7.11 Å². The Labute approximate surface area is 35.5 Å². The summed E-state index contributed by atoms with van der Waals surface area (Å²) in [6.45, 7) is -0.236. The van der Waals surface area contributed by atoms with E-state index in [1.807, 2.05) is 0 Å². The first-order valence-corrected chi connectivity index (χ1v) is 1.58. The number of alkyl halides is 1. The first kappa shape index (κ1) is 5.85. The second-order valence-corrected chi connectivity index (χ2v) is 0.890. The Morgan fingerprint density at radius 1 is 2.00 bits per heavy atom. The first-order valence-electron chi connectivity index (χ1n) is 1.58. The van der Waals surface area contributed by atoms with Crippen molar-refractivity contribution in [1.29, 1.82) is 0 Å². The van der Waals surface area contributed by atoms with Crippen molar-refractivity contribution in [3.8, 4) is 0 Å². The third kappa shape index (κ3) is 3.85. The molecular weight excluding hydrogens is 87.0 g/mol. The molecule has 6 heavy (non-hydrogen) atoms. The van der Waals surface area contributed by atoms with Gasteiger partial charge in [0.15, 0.2) is 0 Å². The monoisotopic (exact) mass is 94.0 g/mol. The molecule has 0 saturated heterocycles. The van der Waals surface area contributed by atoms with Crippen LogP contribution in [0.5, 0.6) is 0 Å². The normalized spacial score (nSPS) is 14.5. The molecule has 0 heterocycles.